The first kappa shape index (κ1) is 9.98. The Balaban J connectivity index is 2.55. The number of anilines is 1. The molecule has 0 aromatic heterocycles. The summed E-state index contributed by atoms with van der Waals surface area (Å²) in [5.41, 5.74) is 8.11. The standard InChI is InChI=1S/C11H16N4/c1-11(12)13-9-7-5-4-6-8(9)10(14-11)15(2)3/h4-7,13H,12H2,1-3H3. The normalized spacial score (nSPS) is 23.9. The van der Waals surface area contributed by atoms with E-state index >= 15 is 0 Å². The van der Waals surface area contributed by atoms with Crippen LogP contribution >= 0.6 is 0 Å². The van der Waals surface area contributed by atoms with E-state index in [0.29, 0.717) is 0 Å². The smallest absolute Gasteiger partial charge is 0.181 e. The average molecular weight is 204 g/mol. The van der Waals surface area contributed by atoms with Gasteiger partial charge in [-0.15, -0.1) is 0 Å². The molecule has 0 amide bonds. The summed E-state index contributed by atoms with van der Waals surface area (Å²) < 4.78 is 0. The van der Waals surface area contributed by atoms with Crippen molar-refractivity contribution in [1.82, 2.24) is 4.90 Å². The number of aliphatic imine (C=N–C) groups is 1. The fourth-order valence-corrected chi connectivity index (χ4v) is 1.71. The Hall–Kier alpha value is -1.55. The number of rotatable bonds is 0. The van der Waals surface area contributed by atoms with E-state index in [2.05, 4.69) is 10.3 Å². The van der Waals surface area contributed by atoms with E-state index in [-0.39, 0.29) is 0 Å². The SMILES string of the molecule is CN(C)C1=NC(C)(N)Nc2ccccc21. The highest BCUT2D eigenvalue weighted by molar-refractivity contribution is 6.04. The zero-order valence-corrected chi connectivity index (χ0v) is 9.28. The lowest BCUT2D eigenvalue weighted by atomic mass is 10.1. The number of nitrogens with one attached hydrogen (secondary N) is 1. The Morgan fingerprint density at radius 1 is 1.33 bits per heavy atom. The number of nitrogens with two attached hydrogens (primary N) is 1. The first-order valence-corrected chi connectivity index (χ1v) is 4.93. The molecule has 0 spiro atoms. The van der Waals surface area contributed by atoms with Gasteiger partial charge in [0, 0.05) is 25.3 Å². The molecule has 80 valence electrons. The molecule has 0 bridgehead atoms. The molecule has 2 rings (SSSR count). The zero-order chi connectivity index (χ0) is 11.1. The molecule has 4 heteroatoms. The van der Waals surface area contributed by atoms with E-state index in [4.69, 9.17) is 5.73 Å². The maximum atomic E-state index is 6.00. The Bertz CT molecular complexity index is 407. The van der Waals surface area contributed by atoms with E-state index in [1.165, 1.54) is 0 Å². The summed E-state index contributed by atoms with van der Waals surface area (Å²) in [6, 6.07) is 8.04. The molecule has 15 heavy (non-hydrogen) atoms. The topological polar surface area (TPSA) is 53.6 Å². The summed E-state index contributed by atoms with van der Waals surface area (Å²) in [6.07, 6.45) is 0. The van der Waals surface area contributed by atoms with Gasteiger partial charge in [-0.2, -0.15) is 0 Å². The summed E-state index contributed by atoms with van der Waals surface area (Å²) >= 11 is 0. The highest BCUT2D eigenvalue weighted by Gasteiger charge is 2.26. The predicted octanol–water partition coefficient (Wildman–Crippen LogP) is 1.05. The molecular weight excluding hydrogens is 188 g/mol. The maximum Gasteiger partial charge on any atom is 0.181 e. The zero-order valence-electron chi connectivity index (χ0n) is 9.28. The van der Waals surface area contributed by atoms with Gasteiger partial charge >= 0.3 is 0 Å². The molecule has 3 N–H and O–H groups in total. The molecule has 1 aliphatic rings. The van der Waals surface area contributed by atoms with Gasteiger partial charge in [0.15, 0.2) is 5.79 Å². The van der Waals surface area contributed by atoms with E-state index in [0.717, 1.165) is 17.1 Å². The molecule has 1 atom stereocenters. The second-order valence-electron chi connectivity index (χ2n) is 4.15. The van der Waals surface area contributed by atoms with Gasteiger partial charge in [0.2, 0.25) is 0 Å². The quantitative estimate of drug-likeness (QED) is 0.664. The first-order valence-electron chi connectivity index (χ1n) is 4.93. The van der Waals surface area contributed by atoms with Gasteiger partial charge in [-0.25, -0.2) is 4.99 Å². The van der Waals surface area contributed by atoms with Gasteiger partial charge in [-0.1, -0.05) is 12.1 Å². The third-order valence-electron chi connectivity index (χ3n) is 2.32. The van der Waals surface area contributed by atoms with Crippen LogP contribution in [0, 0.1) is 0 Å². The van der Waals surface area contributed by atoms with E-state index < -0.39 is 5.79 Å². The number of benzene rings is 1. The van der Waals surface area contributed by atoms with Crippen LogP contribution in [0.4, 0.5) is 5.69 Å². The number of nitrogens with zero attached hydrogens (tertiary/aromatic N) is 2. The lowest BCUT2D eigenvalue weighted by Gasteiger charge is -2.33. The molecule has 1 aromatic rings. The van der Waals surface area contributed by atoms with E-state index in [1.54, 1.807) is 0 Å². The summed E-state index contributed by atoms with van der Waals surface area (Å²) in [7, 11) is 3.94. The Kier molecular flexibility index (Phi) is 2.16. The molecule has 1 heterocycles. The lowest BCUT2D eigenvalue weighted by Crippen LogP contribution is -2.48. The van der Waals surface area contributed by atoms with Crippen LogP contribution in [-0.2, 0) is 0 Å². The van der Waals surface area contributed by atoms with Gasteiger partial charge in [0.1, 0.15) is 5.84 Å². The average Bonchev–Trinajstić information content (AvgIpc) is 2.14. The molecule has 1 aliphatic heterocycles. The van der Waals surface area contributed by atoms with E-state index in [1.807, 2.05) is 50.2 Å². The minimum atomic E-state index is -0.728. The van der Waals surface area contributed by atoms with Crippen molar-refractivity contribution in [3.8, 4) is 0 Å². The van der Waals surface area contributed by atoms with Crippen LogP contribution in [0.3, 0.4) is 0 Å². The van der Waals surface area contributed by atoms with Crippen molar-refractivity contribution >= 4 is 11.5 Å². The third-order valence-corrected chi connectivity index (χ3v) is 2.32. The number of fused-ring (bicyclic) bond motifs is 1. The highest BCUT2D eigenvalue weighted by Crippen LogP contribution is 2.25. The van der Waals surface area contributed by atoms with Gasteiger partial charge in [0.25, 0.3) is 0 Å². The van der Waals surface area contributed by atoms with Crippen molar-refractivity contribution < 1.29 is 0 Å². The largest absolute Gasteiger partial charge is 0.362 e. The number of amidine groups is 1. The van der Waals surface area contributed by atoms with Crippen molar-refractivity contribution in [2.24, 2.45) is 10.7 Å². The summed E-state index contributed by atoms with van der Waals surface area (Å²) in [5.74, 6) is 0.183. The van der Waals surface area contributed by atoms with Gasteiger partial charge in [-0.3, -0.25) is 5.73 Å². The summed E-state index contributed by atoms with van der Waals surface area (Å²) in [5, 5.41) is 3.18. The molecule has 0 saturated carbocycles. The maximum absolute atomic E-state index is 6.00. The van der Waals surface area contributed by atoms with Crippen molar-refractivity contribution in [2.45, 2.75) is 12.7 Å². The molecular formula is C11H16N4. The molecule has 0 fully saturated rings. The van der Waals surface area contributed by atoms with E-state index in [9.17, 15) is 0 Å². The van der Waals surface area contributed by atoms with Crippen molar-refractivity contribution in [1.29, 1.82) is 0 Å². The fraction of sp³-hybridized carbons (Fsp3) is 0.364. The van der Waals surface area contributed by atoms with Crippen molar-refractivity contribution in [2.75, 3.05) is 19.4 Å². The predicted molar refractivity (Wildman–Crippen MR) is 62.9 cm³/mol. The monoisotopic (exact) mass is 204 g/mol. The Morgan fingerprint density at radius 3 is 2.67 bits per heavy atom. The van der Waals surface area contributed by atoms with Crippen LogP contribution in [0.25, 0.3) is 0 Å². The molecule has 1 aromatic carbocycles. The van der Waals surface area contributed by atoms with Crippen LogP contribution in [-0.4, -0.2) is 30.6 Å². The first-order chi connectivity index (χ1) is 6.99. The Morgan fingerprint density at radius 2 is 2.00 bits per heavy atom. The van der Waals surface area contributed by atoms with Crippen LogP contribution in [0.5, 0.6) is 0 Å². The molecule has 0 saturated heterocycles. The van der Waals surface area contributed by atoms with Crippen LogP contribution in [0.15, 0.2) is 29.3 Å². The number of hydrogen-bond acceptors (Lipinski definition) is 4. The second-order valence-corrected chi connectivity index (χ2v) is 4.15. The minimum absolute atomic E-state index is 0.728. The molecule has 1 unspecified atom stereocenters. The van der Waals surface area contributed by atoms with Crippen LogP contribution in [0.1, 0.15) is 12.5 Å². The number of para-hydroxylation sites is 1. The fourth-order valence-electron chi connectivity index (χ4n) is 1.71. The van der Waals surface area contributed by atoms with Crippen LogP contribution < -0.4 is 11.1 Å². The summed E-state index contributed by atoms with van der Waals surface area (Å²) in [4.78, 5) is 6.44. The molecule has 0 aliphatic carbocycles. The van der Waals surface area contributed by atoms with Gasteiger partial charge in [-0.05, 0) is 19.1 Å². The van der Waals surface area contributed by atoms with Crippen LogP contribution in [0.2, 0.25) is 0 Å². The molecule has 0 radical (unpaired) electrons. The third kappa shape index (κ3) is 1.80. The molecule has 4 nitrogen and oxygen atoms in total. The van der Waals surface area contributed by atoms with Gasteiger partial charge in [0.05, 0.1) is 0 Å². The minimum Gasteiger partial charge on any atom is -0.362 e. The van der Waals surface area contributed by atoms with Crippen molar-refractivity contribution in [3.63, 3.8) is 0 Å². The highest BCUT2D eigenvalue weighted by atomic mass is 15.3. The number of hydrogen-bond donors (Lipinski definition) is 2. The van der Waals surface area contributed by atoms with Crippen molar-refractivity contribution in [3.05, 3.63) is 29.8 Å². The lowest BCUT2D eigenvalue weighted by molar-refractivity contribution is 0.529. The Labute approximate surface area is 89.8 Å². The summed E-state index contributed by atoms with van der Waals surface area (Å²) in [6.45, 7) is 1.85. The second kappa shape index (κ2) is 3.24. The van der Waals surface area contributed by atoms with Gasteiger partial charge < -0.3 is 10.2 Å².